The first-order valence-electron chi connectivity index (χ1n) is 21.3. The van der Waals surface area contributed by atoms with Crippen LogP contribution in [0.25, 0.3) is 93.2 Å². The molecule has 0 spiro atoms. The Morgan fingerprint density at radius 1 is 0.290 bits per heavy atom. The Labute approximate surface area is 360 Å². The lowest BCUT2D eigenvalue weighted by atomic mass is 9.90. The van der Waals surface area contributed by atoms with Gasteiger partial charge in [-0.1, -0.05) is 188 Å². The molecule has 0 bridgehead atoms. The SMILES string of the molecule is c1ccc(-c2ccccc2N(c2ccc(-c3ccccc3-n3c4ccccc4c4ccccc43)cc2)c2cccc(-c3cc4ccc5ccccc5c4c4ccccc34)c2)cc1. The summed E-state index contributed by atoms with van der Waals surface area (Å²) >= 11 is 0. The fourth-order valence-corrected chi connectivity index (χ4v) is 9.77. The standard InChI is InChI=1S/C60H40N2/c1-2-17-41(18-3-1)48-22-8-12-29-56(48)61(47-21-16-20-44(39-47)55-40-45-34-33-42-19-4-5-24-50(42)60(45)54-28-7-6-25-51(54)55)46-37-35-43(36-38-46)49-23-9-13-30-57(49)62-58-31-14-10-26-52(58)53-27-11-15-32-59(53)62/h1-40H. The number of fused-ring (bicyclic) bond motifs is 8. The number of rotatable bonds is 7. The zero-order valence-electron chi connectivity index (χ0n) is 34.0. The lowest BCUT2D eigenvalue weighted by Gasteiger charge is -2.28. The summed E-state index contributed by atoms with van der Waals surface area (Å²) in [5.74, 6) is 0. The molecular weight excluding hydrogens is 749 g/mol. The van der Waals surface area contributed by atoms with Gasteiger partial charge in [0.2, 0.25) is 0 Å². The van der Waals surface area contributed by atoms with Gasteiger partial charge in [0.05, 0.1) is 22.4 Å². The van der Waals surface area contributed by atoms with Gasteiger partial charge in [0.1, 0.15) is 0 Å². The number of para-hydroxylation sites is 4. The van der Waals surface area contributed by atoms with Gasteiger partial charge in [-0.2, -0.15) is 0 Å². The van der Waals surface area contributed by atoms with Crippen molar-refractivity contribution >= 4 is 71.2 Å². The van der Waals surface area contributed by atoms with Crippen LogP contribution < -0.4 is 4.90 Å². The van der Waals surface area contributed by atoms with Crippen LogP contribution in [0.3, 0.4) is 0 Å². The van der Waals surface area contributed by atoms with Gasteiger partial charge in [0.15, 0.2) is 0 Å². The van der Waals surface area contributed by atoms with Crippen molar-refractivity contribution in [2.75, 3.05) is 4.90 Å². The van der Waals surface area contributed by atoms with Crippen molar-refractivity contribution in [2.45, 2.75) is 0 Å². The highest BCUT2D eigenvalue weighted by molar-refractivity contribution is 6.23. The van der Waals surface area contributed by atoms with Gasteiger partial charge in [0, 0.05) is 33.3 Å². The van der Waals surface area contributed by atoms with Crippen LogP contribution in [-0.4, -0.2) is 4.57 Å². The summed E-state index contributed by atoms with van der Waals surface area (Å²) in [5.41, 5.74) is 13.9. The molecule has 0 aliphatic heterocycles. The lowest BCUT2D eigenvalue weighted by molar-refractivity contribution is 1.18. The van der Waals surface area contributed by atoms with Crippen molar-refractivity contribution in [3.05, 3.63) is 243 Å². The predicted molar refractivity (Wildman–Crippen MR) is 264 cm³/mol. The molecular formula is C60H40N2. The molecule has 12 aromatic rings. The van der Waals surface area contributed by atoms with E-state index in [0.29, 0.717) is 0 Å². The van der Waals surface area contributed by atoms with E-state index >= 15 is 0 Å². The minimum atomic E-state index is 1.08. The highest BCUT2D eigenvalue weighted by Crippen LogP contribution is 2.45. The molecule has 0 radical (unpaired) electrons. The smallest absolute Gasteiger partial charge is 0.0541 e. The van der Waals surface area contributed by atoms with E-state index in [1.165, 1.54) is 81.9 Å². The molecule has 0 aliphatic carbocycles. The molecule has 1 aromatic heterocycles. The van der Waals surface area contributed by atoms with Crippen LogP contribution in [0.5, 0.6) is 0 Å². The van der Waals surface area contributed by atoms with Gasteiger partial charge in [-0.05, 0) is 109 Å². The Balaban J connectivity index is 1.03. The van der Waals surface area contributed by atoms with Crippen LogP contribution in [0.4, 0.5) is 17.1 Å². The normalized spacial score (nSPS) is 11.5. The molecule has 0 saturated carbocycles. The van der Waals surface area contributed by atoms with E-state index in [2.05, 4.69) is 252 Å². The molecule has 0 aliphatic rings. The lowest BCUT2D eigenvalue weighted by Crippen LogP contribution is -2.11. The Morgan fingerprint density at radius 2 is 0.855 bits per heavy atom. The van der Waals surface area contributed by atoms with E-state index in [9.17, 15) is 0 Å². The summed E-state index contributed by atoms with van der Waals surface area (Å²) < 4.78 is 2.42. The maximum absolute atomic E-state index is 2.42. The van der Waals surface area contributed by atoms with Crippen LogP contribution in [0, 0.1) is 0 Å². The molecule has 0 amide bonds. The highest BCUT2D eigenvalue weighted by atomic mass is 15.1. The molecule has 0 N–H and O–H groups in total. The van der Waals surface area contributed by atoms with Gasteiger partial charge in [-0.3, -0.25) is 0 Å². The van der Waals surface area contributed by atoms with Gasteiger partial charge < -0.3 is 9.47 Å². The van der Waals surface area contributed by atoms with E-state index in [0.717, 1.165) is 28.3 Å². The van der Waals surface area contributed by atoms with E-state index < -0.39 is 0 Å². The van der Waals surface area contributed by atoms with Crippen molar-refractivity contribution in [2.24, 2.45) is 0 Å². The zero-order chi connectivity index (χ0) is 41.0. The Kier molecular flexibility index (Phi) is 8.53. The quantitative estimate of drug-likeness (QED) is 0.146. The molecule has 2 heteroatoms. The molecule has 62 heavy (non-hydrogen) atoms. The predicted octanol–water partition coefficient (Wildman–Crippen LogP) is 16.7. The molecule has 12 rings (SSSR count). The first-order valence-corrected chi connectivity index (χ1v) is 21.3. The molecule has 11 aromatic carbocycles. The fraction of sp³-hybridized carbons (Fsp3) is 0. The summed E-state index contributed by atoms with van der Waals surface area (Å²) in [7, 11) is 0. The Hall–Kier alpha value is -8.20. The highest BCUT2D eigenvalue weighted by Gasteiger charge is 2.20. The zero-order valence-corrected chi connectivity index (χ0v) is 34.0. The molecule has 0 fully saturated rings. The first kappa shape index (κ1) is 35.7. The third-order valence-electron chi connectivity index (χ3n) is 12.6. The molecule has 290 valence electrons. The van der Waals surface area contributed by atoms with Crippen LogP contribution >= 0.6 is 0 Å². The number of nitrogens with zero attached hydrogens (tertiary/aromatic N) is 2. The average molecular weight is 789 g/mol. The molecule has 0 unspecified atom stereocenters. The maximum Gasteiger partial charge on any atom is 0.0541 e. The van der Waals surface area contributed by atoms with Gasteiger partial charge in [0.25, 0.3) is 0 Å². The number of aromatic nitrogens is 1. The summed E-state index contributed by atoms with van der Waals surface area (Å²) in [6.07, 6.45) is 0. The number of anilines is 3. The fourth-order valence-electron chi connectivity index (χ4n) is 9.77. The second kappa shape index (κ2) is 14.8. The Bertz CT molecular complexity index is 3580. The Morgan fingerprint density at radius 3 is 1.63 bits per heavy atom. The number of hydrogen-bond donors (Lipinski definition) is 0. The molecule has 0 atom stereocenters. The molecule has 0 saturated heterocycles. The molecule has 2 nitrogen and oxygen atoms in total. The molecule has 1 heterocycles. The number of benzene rings is 11. The van der Waals surface area contributed by atoms with E-state index in [1.54, 1.807) is 0 Å². The summed E-state index contributed by atoms with van der Waals surface area (Å²) in [6, 6.07) is 88.4. The van der Waals surface area contributed by atoms with E-state index in [1.807, 2.05) is 0 Å². The average Bonchev–Trinajstić information content (AvgIpc) is 3.68. The maximum atomic E-state index is 2.42. The van der Waals surface area contributed by atoms with Crippen LogP contribution in [0.1, 0.15) is 0 Å². The van der Waals surface area contributed by atoms with Crippen LogP contribution in [0.15, 0.2) is 243 Å². The summed E-state index contributed by atoms with van der Waals surface area (Å²) in [5, 5.41) is 10.1. The van der Waals surface area contributed by atoms with E-state index in [4.69, 9.17) is 0 Å². The van der Waals surface area contributed by atoms with Crippen molar-refractivity contribution in [1.82, 2.24) is 4.57 Å². The van der Waals surface area contributed by atoms with Crippen molar-refractivity contribution in [1.29, 1.82) is 0 Å². The van der Waals surface area contributed by atoms with Crippen molar-refractivity contribution < 1.29 is 0 Å². The largest absolute Gasteiger partial charge is 0.310 e. The summed E-state index contributed by atoms with van der Waals surface area (Å²) in [4.78, 5) is 2.42. The van der Waals surface area contributed by atoms with Crippen LogP contribution in [0.2, 0.25) is 0 Å². The van der Waals surface area contributed by atoms with E-state index in [-0.39, 0.29) is 0 Å². The van der Waals surface area contributed by atoms with Crippen molar-refractivity contribution in [3.63, 3.8) is 0 Å². The van der Waals surface area contributed by atoms with Gasteiger partial charge in [-0.15, -0.1) is 0 Å². The first-order chi connectivity index (χ1) is 30.8. The minimum Gasteiger partial charge on any atom is -0.310 e. The monoisotopic (exact) mass is 788 g/mol. The summed E-state index contributed by atoms with van der Waals surface area (Å²) in [6.45, 7) is 0. The second-order valence-corrected chi connectivity index (χ2v) is 16.1. The topological polar surface area (TPSA) is 8.17 Å². The third-order valence-corrected chi connectivity index (χ3v) is 12.6. The van der Waals surface area contributed by atoms with Gasteiger partial charge >= 0.3 is 0 Å². The number of hydrogen-bond acceptors (Lipinski definition) is 1. The van der Waals surface area contributed by atoms with Crippen LogP contribution in [-0.2, 0) is 0 Å². The minimum absolute atomic E-state index is 1.08. The second-order valence-electron chi connectivity index (χ2n) is 16.1. The van der Waals surface area contributed by atoms with Gasteiger partial charge in [-0.25, -0.2) is 0 Å². The van der Waals surface area contributed by atoms with Crippen molar-refractivity contribution in [3.8, 4) is 39.1 Å². The third kappa shape index (κ3) is 5.88.